The number of carbonyl (C=O) groups is 2. The van der Waals surface area contributed by atoms with Gasteiger partial charge in [-0.3, -0.25) is 9.59 Å². The van der Waals surface area contributed by atoms with Crippen LogP contribution in [0.1, 0.15) is 6.42 Å². The number of hydrogen-bond acceptors (Lipinski definition) is 5. The molecular formula is C14H10F7N3O2S2. The van der Waals surface area contributed by atoms with Crippen molar-refractivity contribution in [1.29, 1.82) is 0 Å². The van der Waals surface area contributed by atoms with Gasteiger partial charge in [0.25, 0.3) is 5.91 Å². The van der Waals surface area contributed by atoms with Crippen molar-refractivity contribution in [2.45, 2.75) is 33.9 Å². The Kier molecular flexibility index (Phi) is 6.23. The molecule has 154 valence electrons. The predicted octanol–water partition coefficient (Wildman–Crippen LogP) is 3.85. The maximum atomic E-state index is 13.4. The highest BCUT2D eigenvalue weighted by Crippen LogP contribution is 2.53. The van der Waals surface area contributed by atoms with Gasteiger partial charge < -0.3 is 11.1 Å². The summed E-state index contributed by atoms with van der Waals surface area (Å²) >= 11 is -0.0658. The lowest BCUT2D eigenvalue weighted by Crippen LogP contribution is -2.49. The van der Waals surface area contributed by atoms with Crippen LogP contribution in [0.2, 0.25) is 0 Å². The third-order valence-electron chi connectivity index (χ3n) is 3.24. The number of halogens is 7. The molecule has 1 aromatic rings. The monoisotopic (exact) mass is 449 g/mol. The van der Waals surface area contributed by atoms with Crippen LogP contribution in [0.5, 0.6) is 0 Å². The highest BCUT2D eigenvalue weighted by molar-refractivity contribution is 8.15. The Bertz CT molecular complexity index is 797. The molecule has 1 heterocycles. The number of carbonyl (C=O) groups excluding carboxylic acids is 2. The van der Waals surface area contributed by atoms with E-state index < -0.39 is 51.1 Å². The maximum Gasteiger partial charge on any atom is 0.460 e. The topological polar surface area (TPSA) is 84.5 Å². The Balaban J connectivity index is 1.98. The van der Waals surface area contributed by atoms with Gasteiger partial charge in [0, 0.05) is 17.0 Å². The fourth-order valence-electron chi connectivity index (χ4n) is 1.90. The van der Waals surface area contributed by atoms with E-state index in [2.05, 4.69) is 10.3 Å². The Labute approximate surface area is 161 Å². The summed E-state index contributed by atoms with van der Waals surface area (Å²) in [4.78, 5) is 26.1. The first-order chi connectivity index (χ1) is 12.7. The summed E-state index contributed by atoms with van der Waals surface area (Å²) in [6.45, 7) is 0. The molecule has 2 amide bonds. The fourth-order valence-corrected chi connectivity index (χ4v) is 3.53. The minimum absolute atomic E-state index is 0.0146. The SMILES string of the molecule is NC1=NC(=O)C(CC(=O)Nc2ccc(SC(F)(F)C(F)(F)C(F)(F)F)cc2)S1. The zero-order chi connectivity index (χ0) is 21.3. The molecule has 0 fully saturated rings. The third-order valence-corrected chi connectivity index (χ3v) is 5.24. The van der Waals surface area contributed by atoms with Crippen molar-refractivity contribution in [3.8, 4) is 0 Å². The number of anilines is 1. The van der Waals surface area contributed by atoms with Gasteiger partial charge in [-0.05, 0) is 36.0 Å². The van der Waals surface area contributed by atoms with Crippen LogP contribution in [0.3, 0.4) is 0 Å². The molecule has 3 N–H and O–H groups in total. The molecule has 1 unspecified atom stereocenters. The highest BCUT2D eigenvalue weighted by Gasteiger charge is 2.73. The highest BCUT2D eigenvalue weighted by atomic mass is 32.2. The first-order valence-electron chi connectivity index (χ1n) is 7.19. The van der Waals surface area contributed by atoms with Crippen LogP contribution in [0.25, 0.3) is 0 Å². The Morgan fingerprint density at radius 2 is 1.71 bits per heavy atom. The average molecular weight is 449 g/mol. The van der Waals surface area contributed by atoms with Gasteiger partial charge in [0.1, 0.15) is 5.25 Å². The molecule has 1 aliphatic heterocycles. The van der Waals surface area contributed by atoms with E-state index in [4.69, 9.17) is 5.73 Å². The standard InChI is InChI=1S/C14H10F7N3O2S2/c15-12(16,13(17,18)19)14(20,21)28-7-3-1-6(2-4-7)23-9(25)5-8-10(26)24-11(22)27-8/h1-4,8H,5H2,(H,23,25)(H2,22,24,26). The third kappa shape index (κ3) is 4.90. The zero-order valence-electron chi connectivity index (χ0n) is 13.4. The van der Waals surface area contributed by atoms with Crippen molar-refractivity contribution in [3.05, 3.63) is 24.3 Å². The van der Waals surface area contributed by atoms with Gasteiger partial charge in [-0.15, -0.1) is 0 Å². The second-order valence-corrected chi connectivity index (χ2v) is 7.77. The van der Waals surface area contributed by atoms with Gasteiger partial charge >= 0.3 is 17.4 Å². The lowest BCUT2D eigenvalue weighted by Gasteiger charge is -2.27. The summed E-state index contributed by atoms with van der Waals surface area (Å²) in [5.41, 5.74) is 5.40. The van der Waals surface area contributed by atoms with E-state index in [0.717, 1.165) is 36.0 Å². The Morgan fingerprint density at radius 3 is 2.18 bits per heavy atom. The van der Waals surface area contributed by atoms with Gasteiger partial charge in [0.15, 0.2) is 5.17 Å². The zero-order valence-corrected chi connectivity index (χ0v) is 15.0. The molecule has 0 radical (unpaired) electrons. The maximum absolute atomic E-state index is 13.4. The number of hydrogen-bond donors (Lipinski definition) is 2. The van der Waals surface area contributed by atoms with Crippen LogP contribution >= 0.6 is 23.5 Å². The van der Waals surface area contributed by atoms with Crippen LogP contribution in [-0.4, -0.2) is 39.6 Å². The molecule has 1 aliphatic rings. The van der Waals surface area contributed by atoms with Crippen molar-refractivity contribution in [2.24, 2.45) is 10.7 Å². The average Bonchev–Trinajstić information content (AvgIpc) is 2.85. The summed E-state index contributed by atoms with van der Waals surface area (Å²) in [5, 5.41) is -3.90. The van der Waals surface area contributed by atoms with Crippen LogP contribution in [0, 0.1) is 0 Å². The molecule has 0 aliphatic carbocycles. The molecule has 2 rings (SSSR count). The number of amidine groups is 1. The summed E-state index contributed by atoms with van der Waals surface area (Å²) < 4.78 is 88.9. The van der Waals surface area contributed by atoms with E-state index in [1.54, 1.807) is 0 Å². The molecule has 0 saturated heterocycles. The van der Waals surface area contributed by atoms with E-state index in [1.165, 1.54) is 0 Å². The molecule has 14 heteroatoms. The molecule has 5 nitrogen and oxygen atoms in total. The van der Waals surface area contributed by atoms with E-state index in [9.17, 15) is 40.3 Å². The number of rotatable bonds is 6. The minimum atomic E-state index is -6.42. The number of alkyl halides is 7. The second-order valence-electron chi connectivity index (χ2n) is 5.36. The quantitative estimate of drug-likeness (QED) is 0.509. The number of nitrogens with zero attached hydrogens (tertiary/aromatic N) is 1. The van der Waals surface area contributed by atoms with E-state index in [1.807, 2.05) is 0 Å². The largest absolute Gasteiger partial charge is 0.460 e. The molecule has 28 heavy (non-hydrogen) atoms. The van der Waals surface area contributed by atoms with Crippen LogP contribution in [0.15, 0.2) is 34.2 Å². The summed E-state index contributed by atoms with van der Waals surface area (Å²) in [5.74, 6) is -7.45. The van der Waals surface area contributed by atoms with Crippen molar-refractivity contribution in [1.82, 2.24) is 0 Å². The lowest BCUT2D eigenvalue weighted by atomic mass is 10.2. The van der Waals surface area contributed by atoms with Crippen molar-refractivity contribution < 1.29 is 40.3 Å². The van der Waals surface area contributed by atoms with Crippen LogP contribution in [0.4, 0.5) is 36.4 Å². The Morgan fingerprint density at radius 1 is 1.14 bits per heavy atom. The van der Waals surface area contributed by atoms with E-state index >= 15 is 0 Å². The van der Waals surface area contributed by atoms with Gasteiger partial charge in [-0.25, -0.2) is 0 Å². The molecule has 0 bridgehead atoms. The normalized spacial score (nSPS) is 18.2. The van der Waals surface area contributed by atoms with Crippen molar-refractivity contribution in [2.75, 3.05) is 5.32 Å². The number of amides is 2. The molecule has 0 spiro atoms. The molecule has 0 aromatic heterocycles. The minimum Gasteiger partial charge on any atom is -0.378 e. The number of benzene rings is 1. The summed E-state index contributed by atoms with van der Waals surface area (Å²) in [7, 11) is 0. The van der Waals surface area contributed by atoms with Crippen LogP contribution < -0.4 is 11.1 Å². The fraction of sp³-hybridized carbons (Fsp3) is 0.357. The second kappa shape index (κ2) is 7.81. The number of nitrogens with two attached hydrogens (primary N) is 1. The Hall–Kier alpha value is -1.96. The van der Waals surface area contributed by atoms with Crippen LogP contribution in [-0.2, 0) is 9.59 Å². The lowest BCUT2D eigenvalue weighted by molar-refractivity contribution is -0.330. The van der Waals surface area contributed by atoms with Gasteiger partial charge in [0.05, 0.1) is 0 Å². The van der Waals surface area contributed by atoms with E-state index in [-0.39, 0.29) is 17.3 Å². The first kappa shape index (κ1) is 22.3. The van der Waals surface area contributed by atoms with Crippen molar-refractivity contribution >= 4 is 46.2 Å². The van der Waals surface area contributed by atoms with Gasteiger partial charge in [-0.2, -0.15) is 35.7 Å². The number of aliphatic imine (C=N–C) groups is 1. The van der Waals surface area contributed by atoms with E-state index in [0.29, 0.717) is 0 Å². The summed E-state index contributed by atoms with van der Waals surface area (Å²) in [6.07, 6.45) is -6.69. The summed E-state index contributed by atoms with van der Waals surface area (Å²) in [6, 6.07) is 3.77. The smallest absolute Gasteiger partial charge is 0.378 e. The number of nitrogens with one attached hydrogen (secondary N) is 1. The van der Waals surface area contributed by atoms with Gasteiger partial charge in [0.2, 0.25) is 5.91 Å². The predicted molar refractivity (Wildman–Crippen MR) is 89.5 cm³/mol. The van der Waals surface area contributed by atoms with Gasteiger partial charge in [-0.1, -0.05) is 11.8 Å². The molecule has 1 aromatic carbocycles. The molecule has 0 saturated carbocycles. The first-order valence-corrected chi connectivity index (χ1v) is 8.88. The van der Waals surface area contributed by atoms with Crippen molar-refractivity contribution in [3.63, 3.8) is 0 Å². The number of thioether (sulfide) groups is 2. The molecular weight excluding hydrogens is 439 g/mol. The molecule has 1 atom stereocenters.